The molecular weight excluding hydrogens is 204 g/mol. The zero-order chi connectivity index (χ0) is 11.2. The van der Waals surface area contributed by atoms with Gasteiger partial charge in [-0.1, -0.05) is 0 Å². The molecule has 1 atom stereocenters. The first-order valence-electron chi connectivity index (χ1n) is 6.33. The first-order chi connectivity index (χ1) is 7.84. The first-order valence-corrected chi connectivity index (χ1v) is 6.33. The van der Waals surface area contributed by atoms with E-state index in [2.05, 4.69) is 21.3 Å². The number of nitrogens with one attached hydrogen (secondary N) is 4. The molecule has 92 valence electrons. The van der Waals surface area contributed by atoms with Crippen molar-refractivity contribution in [3.63, 3.8) is 0 Å². The largest absolute Gasteiger partial charge is 0.335 e. The Morgan fingerprint density at radius 1 is 0.938 bits per heavy atom. The second-order valence-electron chi connectivity index (χ2n) is 4.69. The summed E-state index contributed by atoms with van der Waals surface area (Å²) in [6.45, 7) is 4.00. The summed E-state index contributed by atoms with van der Waals surface area (Å²) < 4.78 is 0. The lowest BCUT2D eigenvalue weighted by Crippen LogP contribution is -2.52. The van der Waals surface area contributed by atoms with Gasteiger partial charge in [0.15, 0.2) is 0 Å². The topological polar surface area (TPSA) is 65.2 Å². The van der Waals surface area contributed by atoms with Crippen molar-refractivity contribution in [2.75, 3.05) is 26.2 Å². The van der Waals surface area contributed by atoms with Crippen molar-refractivity contribution < 1.29 is 4.79 Å². The molecule has 16 heavy (non-hydrogen) atoms. The maximum Gasteiger partial charge on any atom is 0.315 e. The van der Waals surface area contributed by atoms with Gasteiger partial charge in [-0.3, -0.25) is 0 Å². The van der Waals surface area contributed by atoms with Crippen molar-refractivity contribution in [3.05, 3.63) is 0 Å². The van der Waals surface area contributed by atoms with Crippen molar-refractivity contribution in [2.24, 2.45) is 0 Å². The number of carbonyl (C=O) groups excluding carboxylic acids is 1. The van der Waals surface area contributed by atoms with Crippen molar-refractivity contribution in [2.45, 2.75) is 37.8 Å². The lowest BCUT2D eigenvalue weighted by Gasteiger charge is -2.27. The smallest absolute Gasteiger partial charge is 0.315 e. The van der Waals surface area contributed by atoms with Crippen LogP contribution >= 0.6 is 0 Å². The molecule has 5 heteroatoms. The van der Waals surface area contributed by atoms with E-state index in [9.17, 15) is 4.79 Å². The van der Waals surface area contributed by atoms with Crippen molar-refractivity contribution in [1.29, 1.82) is 0 Å². The summed E-state index contributed by atoms with van der Waals surface area (Å²) in [7, 11) is 0. The van der Waals surface area contributed by atoms with Gasteiger partial charge in [0.05, 0.1) is 0 Å². The van der Waals surface area contributed by atoms with Crippen LogP contribution < -0.4 is 21.3 Å². The fraction of sp³-hybridized carbons (Fsp3) is 0.909. The number of carbonyl (C=O) groups is 1. The van der Waals surface area contributed by atoms with Crippen LogP contribution in [0, 0.1) is 0 Å². The van der Waals surface area contributed by atoms with Crippen LogP contribution in [0.4, 0.5) is 4.79 Å². The minimum Gasteiger partial charge on any atom is -0.335 e. The fourth-order valence-electron chi connectivity index (χ4n) is 2.35. The molecule has 5 nitrogen and oxygen atoms in total. The molecule has 0 saturated carbocycles. The Morgan fingerprint density at radius 3 is 2.38 bits per heavy atom. The van der Waals surface area contributed by atoms with Crippen LogP contribution in [0.5, 0.6) is 0 Å². The highest BCUT2D eigenvalue weighted by atomic mass is 16.2. The van der Waals surface area contributed by atoms with Crippen LogP contribution in [0.25, 0.3) is 0 Å². The highest BCUT2D eigenvalue weighted by Gasteiger charge is 2.18. The van der Waals surface area contributed by atoms with Crippen molar-refractivity contribution >= 4 is 6.03 Å². The molecule has 2 fully saturated rings. The third-order valence-electron chi connectivity index (χ3n) is 3.31. The summed E-state index contributed by atoms with van der Waals surface area (Å²) in [4.78, 5) is 11.7. The molecule has 0 spiro atoms. The SMILES string of the molecule is O=C(NC1CCNCC1)NC1CCCNC1. The highest BCUT2D eigenvalue weighted by Crippen LogP contribution is 2.03. The number of hydrogen-bond donors (Lipinski definition) is 4. The van der Waals surface area contributed by atoms with E-state index < -0.39 is 0 Å². The predicted octanol–water partition coefficient (Wildman–Crippen LogP) is -0.210. The Morgan fingerprint density at radius 2 is 1.69 bits per heavy atom. The third kappa shape index (κ3) is 3.64. The van der Waals surface area contributed by atoms with Crippen molar-refractivity contribution in [1.82, 2.24) is 21.3 Å². The van der Waals surface area contributed by atoms with Crippen LogP contribution in [0.15, 0.2) is 0 Å². The molecule has 2 rings (SSSR count). The predicted molar refractivity (Wildman–Crippen MR) is 63.5 cm³/mol. The Hall–Kier alpha value is -0.810. The number of hydrogen-bond acceptors (Lipinski definition) is 3. The van der Waals surface area contributed by atoms with E-state index in [0.717, 1.165) is 51.9 Å². The molecular formula is C11H22N4O. The molecule has 0 radical (unpaired) electrons. The van der Waals surface area contributed by atoms with E-state index in [-0.39, 0.29) is 6.03 Å². The third-order valence-corrected chi connectivity index (χ3v) is 3.31. The Bertz CT molecular complexity index is 200. The summed E-state index contributed by atoms with van der Waals surface area (Å²) in [6.07, 6.45) is 4.32. The van der Waals surface area contributed by atoms with Gasteiger partial charge in [0, 0.05) is 18.6 Å². The van der Waals surface area contributed by atoms with E-state index in [1.54, 1.807) is 0 Å². The molecule has 0 aromatic carbocycles. The Balaban J connectivity index is 1.66. The highest BCUT2D eigenvalue weighted by molar-refractivity contribution is 5.74. The van der Waals surface area contributed by atoms with Crippen LogP contribution in [0.2, 0.25) is 0 Å². The maximum absolute atomic E-state index is 11.7. The summed E-state index contributed by atoms with van der Waals surface area (Å²) >= 11 is 0. The molecule has 2 heterocycles. The summed E-state index contributed by atoms with van der Waals surface area (Å²) in [5.74, 6) is 0. The zero-order valence-corrected chi connectivity index (χ0v) is 9.72. The molecule has 0 bridgehead atoms. The van der Waals surface area contributed by atoms with Gasteiger partial charge in [-0.05, 0) is 45.3 Å². The lowest BCUT2D eigenvalue weighted by molar-refractivity contribution is 0.226. The lowest BCUT2D eigenvalue weighted by atomic mass is 10.1. The molecule has 2 aliphatic heterocycles. The van der Waals surface area contributed by atoms with Crippen LogP contribution in [0.3, 0.4) is 0 Å². The van der Waals surface area contributed by atoms with Crippen LogP contribution in [-0.4, -0.2) is 44.3 Å². The first kappa shape index (κ1) is 11.7. The van der Waals surface area contributed by atoms with E-state index in [4.69, 9.17) is 0 Å². The van der Waals surface area contributed by atoms with Gasteiger partial charge in [0.25, 0.3) is 0 Å². The Kier molecular flexibility index (Phi) is 4.42. The fourth-order valence-corrected chi connectivity index (χ4v) is 2.35. The summed E-state index contributed by atoms with van der Waals surface area (Å²) in [5, 5.41) is 12.7. The van der Waals surface area contributed by atoms with Gasteiger partial charge in [-0.25, -0.2) is 4.79 Å². The normalized spacial score (nSPS) is 27.4. The minimum atomic E-state index is 0.000556. The van der Waals surface area contributed by atoms with Crippen LogP contribution in [0.1, 0.15) is 25.7 Å². The quantitative estimate of drug-likeness (QED) is 0.527. The van der Waals surface area contributed by atoms with Gasteiger partial charge < -0.3 is 21.3 Å². The van der Waals surface area contributed by atoms with Gasteiger partial charge in [0.2, 0.25) is 0 Å². The summed E-state index contributed by atoms with van der Waals surface area (Å²) in [5.41, 5.74) is 0. The molecule has 4 N–H and O–H groups in total. The molecule has 2 aliphatic rings. The summed E-state index contributed by atoms with van der Waals surface area (Å²) in [6, 6.07) is 0.647. The van der Waals surface area contributed by atoms with E-state index >= 15 is 0 Å². The molecule has 0 aliphatic carbocycles. The van der Waals surface area contributed by atoms with E-state index in [1.165, 1.54) is 0 Å². The minimum absolute atomic E-state index is 0.000556. The van der Waals surface area contributed by atoms with Gasteiger partial charge in [-0.15, -0.1) is 0 Å². The van der Waals surface area contributed by atoms with Gasteiger partial charge in [-0.2, -0.15) is 0 Å². The standard InChI is InChI=1S/C11H22N4O/c16-11(14-9-3-6-12-7-4-9)15-10-2-1-5-13-8-10/h9-10,12-13H,1-8H2,(H2,14,15,16). The molecule has 2 amide bonds. The monoisotopic (exact) mass is 226 g/mol. The van der Waals surface area contributed by atoms with E-state index in [0.29, 0.717) is 12.1 Å². The molecule has 0 aromatic rings. The Labute approximate surface area is 96.7 Å². The van der Waals surface area contributed by atoms with Gasteiger partial charge >= 0.3 is 6.03 Å². The number of amides is 2. The zero-order valence-electron chi connectivity index (χ0n) is 9.72. The second-order valence-corrected chi connectivity index (χ2v) is 4.69. The number of urea groups is 1. The number of rotatable bonds is 2. The van der Waals surface area contributed by atoms with E-state index in [1.807, 2.05) is 0 Å². The number of piperidine rings is 2. The second kappa shape index (κ2) is 6.06. The maximum atomic E-state index is 11.7. The average molecular weight is 226 g/mol. The molecule has 2 saturated heterocycles. The van der Waals surface area contributed by atoms with Crippen molar-refractivity contribution in [3.8, 4) is 0 Å². The molecule has 0 aromatic heterocycles. The van der Waals surface area contributed by atoms with Gasteiger partial charge in [0.1, 0.15) is 0 Å². The van der Waals surface area contributed by atoms with Crippen LogP contribution in [-0.2, 0) is 0 Å². The molecule has 1 unspecified atom stereocenters. The average Bonchev–Trinajstić information content (AvgIpc) is 2.31.